The van der Waals surface area contributed by atoms with Crippen LogP contribution in [0.1, 0.15) is 11.4 Å². The van der Waals surface area contributed by atoms with E-state index >= 15 is 0 Å². The molecule has 1 aliphatic carbocycles. The zero-order valence-corrected chi connectivity index (χ0v) is 11.4. The van der Waals surface area contributed by atoms with Crippen molar-refractivity contribution in [1.29, 1.82) is 0 Å². The Bertz CT molecular complexity index is 662. The molecule has 0 saturated carbocycles. The number of carbonyl (C=O) groups is 1. The van der Waals surface area contributed by atoms with Gasteiger partial charge in [0.25, 0.3) is 0 Å². The van der Waals surface area contributed by atoms with Crippen LogP contribution in [0.5, 0.6) is 0 Å². The van der Waals surface area contributed by atoms with Crippen LogP contribution < -0.4 is 11.1 Å². The Kier molecular flexibility index (Phi) is 3.08. The van der Waals surface area contributed by atoms with E-state index in [2.05, 4.69) is 10.3 Å². The number of nitrogens with two attached hydrogens (primary N) is 1. The van der Waals surface area contributed by atoms with Gasteiger partial charge in [0.2, 0.25) is 5.91 Å². The summed E-state index contributed by atoms with van der Waals surface area (Å²) in [4.78, 5) is 16.5. The highest BCUT2D eigenvalue weighted by atomic mass is 32.1. The predicted molar refractivity (Wildman–Crippen MR) is 78.2 cm³/mol. The van der Waals surface area contributed by atoms with Crippen LogP contribution in [-0.2, 0) is 4.79 Å². The molecule has 2 unspecified atom stereocenters. The molecule has 1 aromatic carbocycles. The molecule has 4 nitrogen and oxygen atoms in total. The van der Waals surface area contributed by atoms with Crippen molar-refractivity contribution in [3.05, 3.63) is 35.4 Å². The maximum absolute atomic E-state index is 12.1. The van der Waals surface area contributed by atoms with Crippen LogP contribution in [0.25, 0.3) is 10.2 Å². The van der Waals surface area contributed by atoms with E-state index in [0.29, 0.717) is 6.42 Å². The Morgan fingerprint density at radius 2 is 2.32 bits per heavy atom. The molecule has 2 aromatic rings. The standard InChI is InChI=1S/C14H15N3OS/c1-8-16-12-5-4-11(7-13(12)19-8)17-14(18)9-2-3-10(15)6-9/h2-5,7,9-10H,6,15H2,1H3,(H,17,18). The van der Waals surface area contributed by atoms with Crippen LogP contribution in [0, 0.1) is 12.8 Å². The van der Waals surface area contributed by atoms with Gasteiger partial charge in [0.05, 0.1) is 21.1 Å². The zero-order chi connectivity index (χ0) is 13.4. The first kappa shape index (κ1) is 12.3. The summed E-state index contributed by atoms with van der Waals surface area (Å²) in [6, 6.07) is 5.79. The molecule has 0 aliphatic heterocycles. The minimum Gasteiger partial charge on any atom is -0.326 e. The molecule has 2 atom stereocenters. The Morgan fingerprint density at radius 3 is 3.05 bits per heavy atom. The lowest BCUT2D eigenvalue weighted by Crippen LogP contribution is -2.23. The van der Waals surface area contributed by atoms with E-state index < -0.39 is 0 Å². The van der Waals surface area contributed by atoms with Crippen LogP contribution >= 0.6 is 11.3 Å². The van der Waals surface area contributed by atoms with Gasteiger partial charge in [-0.1, -0.05) is 12.2 Å². The lowest BCUT2D eigenvalue weighted by atomic mass is 10.1. The highest BCUT2D eigenvalue weighted by molar-refractivity contribution is 7.18. The minimum atomic E-state index is -0.117. The van der Waals surface area contributed by atoms with Crippen molar-refractivity contribution in [1.82, 2.24) is 4.98 Å². The summed E-state index contributed by atoms with van der Waals surface area (Å²) in [5.41, 5.74) is 7.55. The van der Waals surface area contributed by atoms with Gasteiger partial charge in [-0.15, -0.1) is 11.3 Å². The number of aromatic nitrogens is 1. The molecule has 0 saturated heterocycles. The molecule has 0 spiro atoms. The first-order valence-corrected chi connectivity index (χ1v) is 7.05. The molecule has 1 amide bonds. The van der Waals surface area contributed by atoms with Crippen LogP contribution in [0.15, 0.2) is 30.4 Å². The monoisotopic (exact) mass is 273 g/mol. The molecule has 5 heteroatoms. The average Bonchev–Trinajstić information content (AvgIpc) is 2.93. The van der Waals surface area contributed by atoms with Crippen molar-refractivity contribution in [2.75, 3.05) is 5.32 Å². The summed E-state index contributed by atoms with van der Waals surface area (Å²) in [6.45, 7) is 1.98. The quantitative estimate of drug-likeness (QED) is 0.826. The number of amides is 1. The van der Waals surface area contributed by atoms with Gasteiger partial charge in [-0.25, -0.2) is 4.98 Å². The van der Waals surface area contributed by atoms with Gasteiger partial charge in [-0.05, 0) is 31.5 Å². The van der Waals surface area contributed by atoms with Gasteiger partial charge in [0.1, 0.15) is 0 Å². The van der Waals surface area contributed by atoms with Crippen molar-refractivity contribution in [3.8, 4) is 0 Å². The summed E-state index contributed by atoms with van der Waals surface area (Å²) in [5.74, 6) is -0.112. The normalized spacial score (nSPS) is 22.0. The second-order valence-electron chi connectivity index (χ2n) is 4.80. The average molecular weight is 273 g/mol. The van der Waals surface area contributed by atoms with E-state index in [1.807, 2.05) is 37.3 Å². The number of thiazole rings is 1. The molecular weight excluding hydrogens is 258 g/mol. The smallest absolute Gasteiger partial charge is 0.231 e. The number of nitrogens with zero attached hydrogens (tertiary/aromatic N) is 1. The predicted octanol–water partition coefficient (Wildman–Crippen LogP) is 2.45. The number of hydrogen-bond acceptors (Lipinski definition) is 4. The van der Waals surface area contributed by atoms with E-state index in [4.69, 9.17) is 5.73 Å². The second-order valence-corrected chi connectivity index (χ2v) is 6.03. The Balaban J connectivity index is 1.77. The fourth-order valence-corrected chi connectivity index (χ4v) is 3.14. The van der Waals surface area contributed by atoms with Crippen LogP contribution in [0.2, 0.25) is 0 Å². The SMILES string of the molecule is Cc1nc2ccc(NC(=O)C3C=CC(N)C3)cc2s1. The maximum Gasteiger partial charge on any atom is 0.231 e. The molecular formula is C14H15N3OS. The van der Waals surface area contributed by atoms with Crippen LogP contribution in [-0.4, -0.2) is 16.9 Å². The number of benzene rings is 1. The maximum atomic E-state index is 12.1. The van der Waals surface area contributed by atoms with Gasteiger partial charge < -0.3 is 11.1 Å². The van der Waals surface area contributed by atoms with E-state index in [1.54, 1.807) is 11.3 Å². The molecule has 0 radical (unpaired) electrons. The Hall–Kier alpha value is -1.72. The van der Waals surface area contributed by atoms with E-state index in [-0.39, 0.29) is 17.9 Å². The molecule has 98 valence electrons. The third kappa shape index (κ3) is 2.52. The van der Waals surface area contributed by atoms with Gasteiger partial charge in [-0.3, -0.25) is 4.79 Å². The Labute approximate surface area is 115 Å². The van der Waals surface area contributed by atoms with Crippen molar-refractivity contribution in [2.24, 2.45) is 11.7 Å². The number of fused-ring (bicyclic) bond motifs is 1. The third-order valence-corrected chi connectivity index (χ3v) is 4.15. The topological polar surface area (TPSA) is 68.0 Å². The lowest BCUT2D eigenvalue weighted by molar-refractivity contribution is -0.118. The second kappa shape index (κ2) is 4.75. The molecule has 3 rings (SSSR count). The van der Waals surface area contributed by atoms with Gasteiger partial charge in [-0.2, -0.15) is 0 Å². The number of nitrogens with one attached hydrogen (secondary N) is 1. The van der Waals surface area contributed by atoms with Gasteiger partial charge in [0, 0.05) is 11.7 Å². The molecule has 1 heterocycles. The Morgan fingerprint density at radius 1 is 1.47 bits per heavy atom. The zero-order valence-electron chi connectivity index (χ0n) is 10.6. The molecule has 1 aliphatic rings. The summed E-state index contributed by atoms with van der Waals surface area (Å²) in [7, 11) is 0. The number of rotatable bonds is 2. The number of aryl methyl sites for hydroxylation is 1. The fraction of sp³-hybridized carbons (Fsp3) is 0.286. The minimum absolute atomic E-state index is 0.00220. The number of carbonyl (C=O) groups excluding carboxylic acids is 1. The fourth-order valence-electron chi connectivity index (χ4n) is 2.27. The van der Waals surface area contributed by atoms with Crippen LogP contribution in [0.4, 0.5) is 5.69 Å². The van der Waals surface area contributed by atoms with Gasteiger partial charge >= 0.3 is 0 Å². The first-order chi connectivity index (χ1) is 9.11. The van der Waals surface area contributed by atoms with Crippen molar-refractivity contribution >= 4 is 33.1 Å². The van der Waals surface area contributed by atoms with E-state index in [1.165, 1.54) is 0 Å². The highest BCUT2D eigenvalue weighted by Gasteiger charge is 2.22. The molecule has 1 aromatic heterocycles. The highest BCUT2D eigenvalue weighted by Crippen LogP contribution is 2.25. The number of anilines is 1. The van der Waals surface area contributed by atoms with Gasteiger partial charge in [0.15, 0.2) is 0 Å². The molecule has 0 fully saturated rings. The third-order valence-electron chi connectivity index (χ3n) is 3.22. The first-order valence-electron chi connectivity index (χ1n) is 6.24. The lowest BCUT2D eigenvalue weighted by Gasteiger charge is -2.10. The molecule has 0 bridgehead atoms. The summed E-state index contributed by atoms with van der Waals surface area (Å²) < 4.78 is 1.09. The summed E-state index contributed by atoms with van der Waals surface area (Å²) in [5, 5.41) is 3.97. The van der Waals surface area contributed by atoms with E-state index in [9.17, 15) is 4.79 Å². The summed E-state index contributed by atoms with van der Waals surface area (Å²) >= 11 is 1.63. The number of hydrogen-bond donors (Lipinski definition) is 2. The molecule has 19 heavy (non-hydrogen) atoms. The van der Waals surface area contributed by atoms with Crippen LogP contribution in [0.3, 0.4) is 0 Å². The van der Waals surface area contributed by atoms with E-state index in [0.717, 1.165) is 20.9 Å². The van der Waals surface area contributed by atoms with Crippen molar-refractivity contribution in [3.63, 3.8) is 0 Å². The summed E-state index contributed by atoms with van der Waals surface area (Å²) in [6.07, 6.45) is 4.46. The van der Waals surface area contributed by atoms with Crippen molar-refractivity contribution in [2.45, 2.75) is 19.4 Å². The van der Waals surface area contributed by atoms with Crippen molar-refractivity contribution < 1.29 is 4.79 Å². The molecule has 3 N–H and O–H groups in total. The largest absolute Gasteiger partial charge is 0.326 e.